The fourth-order valence-corrected chi connectivity index (χ4v) is 4.04. The highest BCUT2D eigenvalue weighted by molar-refractivity contribution is 6.30. The molecule has 2 aliphatic rings. The number of benzene rings is 2. The van der Waals surface area contributed by atoms with Crippen molar-refractivity contribution in [2.24, 2.45) is 0 Å². The van der Waals surface area contributed by atoms with Crippen LogP contribution in [0.25, 0.3) is 0 Å². The fourth-order valence-electron chi connectivity index (χ4n) is 3.85. The Morgan fingerprint density at radius 3 is 2.57 bits per heavy atom. The number of halogens is 1. The average molecular weight is 399 g/mol. The van der Waals surface area contributed by atoms with Gasteiger partial charge in [0.05, 0.1) is 17.4 Å². The summed E-state index contributed by atoms with van der Waals surface area (Å²) < 4.78 is 0. The van der Waals surface area contributed by atoms with Gasteiger partial charge >= 0.3 is 0 Å². The zero-order chi connectivity index (χ0) is 19.7. The van der Waals surface area contributed by atoms with Crippen LogP contribution in [0, 0.1) is 0 Å². The van der Waals surface area contributed by atoms with E-state index in [2.05, 4.69) is 21.2 Å². The summed E-state index contributed by atoms with van der Waals surface area (Å²) in [6.45, 7) is 5.20. The van der Waals surface area contributed by atoms with E-state index < -0.39 is 0 Å². The monoisotopic (exact) mass is 398 g/mol. The summed E-state index contributed by atoms with van der Waals surface area (Å²) >= 11 is 6.10. The molecule has 0 aromatic heterocycles. The molecule has 1 N–H and O–H groups in total. The van der Waals surface area contributed by atoms with Crippen molar-refractivity contribution >= 4 is 40.5 Å². The van der Waals surface area contributed by atoms with E-state index >= 15 is 0 Å². The number of carbonyl (C=O) groups excluding carboxylic acids is 2. The maximum absolute atomic E-state index is 13.2. The van der Waals surface area contributed by atoms with Gasteiger partial charge in [-0.3, -0.25) is 19.4 Å². The Morgan fingerprint density at radius 1 is 1.07 bits per heavy atom. The van der Waals surface area contributed by atoms with Crippen LogP contribution < -0.4 is 15.1 Å². The Bertz CT molecular complexity index is 895. The minimum absolute atomic E-state index is 0.0431. The highest BCUT2D eigenvalue weighted by Crippen LogP contribution is 2.30. The predicted molar refractivity (Wildman–Crippen MR) is 112 cm³/mol. The molecular weight excluding hydrogens is 376 g/mol. The molecule has 6 nitrogen and oxygen atoms in total. The molecule has 2 heterocycles. The topological polar surface area (TPSA) is 55.9 Å². The number of nitrogens with zero attached hydrogens (tertiary/aromatic N) is 3. The lowest BCUT2D eigenvalue weighted by Crippen LogP contribution is -2.56. The van der Waals surface area contributed by atoms with Crippen molar-refractivity contribution in [1.82, 2.24) is 4.90 Å². The summed E-state index contributed by atoms with van der Waals surface area (Å²) in [4.78, 5) is 31.3. The van der Waals surface area contributed by atoms with Gasteiger partial charge in [0, 0.05) is 36.9 Å². The summed E-state index contributed by atoms with van der Waals surface area (Å²) in [6.07, 6.45) is 0. The molecule has 28 heavy (non-hydrogen) atoms. The van der Waals surface area contributed by atoms with E-state index in [1.807, 2.05) is 49.4 Å². The van der Waals surface area contributed by atoms with Crippen molar-refractivity contribution in [3.05, 3.63) is 53.6 Å². The molecular formula is C21H23ClN4O2. The van der Waals surface area contributed by atoms with Crippen LogP contribution in [-0.2, 0) is 9.59 Å². The minimum atomic E-state index is -0.291. The first-order chi connectivity index (χ1) is 13.5. The van der Waals surface area contributed by atoms with Crippen molar-refractivity contribution < 1.29 is 9.59 Å². The Labute approximate surface area is 169 Å². The third-order valence-corrected chi connectivity index (χ3v) is 5.66. The van der Waals surface area contributed by atoms with Crippen LogP contribution in [0.4, 0.5) is 17.1 Å². The van der Waals surface area contributed by atoms with Gasteiger partial charge in [-0.1, -0.05) is 29.8 Å². The van der Waals surface area contributed by atoms with Crippen LogP contribution >= 0.6 is 11.6 Å². The Kier molecular flexibility index (Phi) is 5.24. The van der Waals surface area contributed by atoms with Gasteiger partial charge in [0.25, 0.3) is 0 Å². The van der Waals surface area contributed by atoms with E-state index in [0.29, 0.717) is 5.69 Å². The summed E-state index contributed by atoms with van der Waals surface area (Å²) in [7, 11) is 0. The summed E-state index contributed by atoms with van der Waals surface area (Å²) in [6, 6.07) is 15.0. The molecule has 4 rings (SSSR count). The van der Waals surface area contributed by atoms with Gasteiger partial charge in [0.2, 0.25) is 11.8 Å². The molecule has 0 aliphatic carbocycles. The average Bonchev–Trinajstić information content (AvgIpc) is 2.72. The standard InChI is InChI=1S/C21H23ClN4O2/c1-15(21(28)26-14-20(27)23-18-7-2-3-8-19(18)26)24-9-11-25(12-10-24)17-6-4-5-16(22)13-17/h2-8,13,15H,9-12,14H2,1H3,(H,23,27)/t15-/m1/s1. The zero-order valence-electron chi connectivity index (χ0n) is 15.8. The van der Waals surface area contributed by atoms with Gasteiger partial charge in [-0.25, -0.2) is 0 Å². The van der Waals surface area contributed by atoms with Gasteiger partial charge < -0.3 is 10.2 Å². The lowest BCUT2D eigenvalue weighted by Gasteiger charge is -2.40. The first-order valence-electron chi connectivity index (χ1n) is 9.48. The van der Waals surface area contributed by atoms with Gasteiger partial charge in [-0.2, -0.15) is 0 Å². The number of hydrogen-bond donors (Lipinski definition) is 1. The second-order valence-corrected chi connectivity index (χ2v) is 7.61. The Balaban J connectivity index is 1.43. The highest BCUT2D eigenvalue weighted by atomic mass is 35.5. The molecule has 146 valence electrons. The number of anilines is 3. The molecule has 0 spiro atoms. The van der Waals surface area contributed by atoms with Crippen molar-refractivity contribution in [2.75, 3.05) is 47.8 Å². The second-order valence-electron chi connectivity index (χ2n) is 7.17. The molecule has 2 amide bonds. The van der Waals surface area contributed by atoms with E-state index in [1.165, 1.54) is 0 Å². The van der Waals surface area contributed by atoms with Gasteiger partial charge in [0.15, 0.2) is 0 Å². The molecule has 2 aromatic rings. The van der Waals surface area contributed by atoms with E-state index in [1.54, 1.807) is 4.90 Å². The molecule has 1 saturated heterocycles. The maximum Gasteiger partial charge on any atom is 0.244 e. The summed E-state index contributed by atoms with van der Waals surface area (Å²) in [5, 5.41) is 3.56. The van der Waals surface area contributed by atoms with Gasteiger partial charge in [0.1, 0.15) is 6.54 Å². The molecule has 0 saturated carbocycles. The quantitative estimate of drug-likeness (QED) is 0.863. The van der Waals surface area contributed by atoms with Crippen molar-refractivity contribution in [1.29, 1.82) is 0 Å². The van der Waals surface area contributed by atoms with Gasteiger partial charge in [-0.15, -0.1) is 0 Å². The van der Waals surface area contributed by atoms with E-state index in [4.69, 9.17) is 11.6 Å². The summed E-state index contributed by atoms with van der Waals surface area (Å²) in [5.41, 5.74) is 2.55. The lowest BCUT2D eigenvalue weighted by molar-refractivity contribution is -0.125. The molecule has 1 fully saturated rings. The molecule has 2 aliphatic heterocycles. The molecule has 0 radical (unpaired) electrons. The highest BCUT2D eigenvalue weighted by Gasteiger charge is 2.33. The predicted octanol–water partition coefficient (Wildman–Crippen LogP) is 2.84. The van der Waals surface area contributed by atoms with Crippen LogP contribution in [0.1, 0.15) is 6.92 Å². The van der Waals surface area contributed by atoms with Crippen LogP contribution in [0.15, 0.2) is 48.5 Å². The molecule has 7 heteroatoms. The van der Waals surface area contributed by atoms with Crippen LogP contribution in [0.3, 0.4) is 0 Å². The van der Waals surface area contributed by atoms with Crippen LogP contribution in [0.5, 0.6) is 0 Å². The maximum atomic E-state index is 13.2. The second kappa shape index (κ2) is 7.81. The molecule has 2 aromatic carbocycles. The van der Waals surface area contributed by atoms with E-state index in [9.17, 15) is 9.59 Å². The Hall–Kier alpha value is -2.57. The zero-order valence-corrected chi connectivity index (χ0v) is 16.5. The third kappa shape index (κ3) is 3.70. The third-order valence-electron chi connectivity index (χ3n) is 5.43. The van der Waals surface area contributed by atoms with Crippen molar-refractivity contribution in [3.63, 3.8) is 0 Å². The molecule has 0 unspecified atom stereocenters. The smallest absolute Gasteiger partial charge is 0.244 e. The van der Waals surface area contributed by atoms with Crippen LogP contribution in [0.2, 0.25) is 5.02 Å². The number of carbonyl (C=O) groups is 2. The largest absolute Gasteiger partial charge is 0.369 e. The number of rotatable bonds is 3. The number of fused-ring (bicyclic) bond motifs is 1. The SMILES string of the molecule is C[C@H](C(=O)N1CC(=O)Nc2ccccc21)N1CCN(c2cccc(Cl)c2)CC1. The number of nitrogens with one attached hydrogen (secondary N) is 1. The fraction of sp³-hybridized carbons (Fsp3) is 0.333. The lowest BCUT2D eigenvalue weighted by atomic mass is 10.1. The number of hydrogen-bond acceptors (Lipinski definition) is 4. The first-order valence-corrected chi connectivity index (χ1v) is 9.85. The first kappa shape index (κ1) is 18.8. The van der Waals surface area contributed by atoms with E-state index in [-0.39, 0.29) is 24.4 Å². The number of para-hydroxylation sites is 2. The summed E-state index contributed by atoms with van der Waals surface area (Å²) in [5.74, 6) is -0.205. The number of piperazine rings is 1. The minimum Gasteiger partial charge on any atom is -0.369 e. The van der Waals surface area contributed by atoms with Crippen molar-refractivity contribution in [3.8, 4) is 0 Å². The molecule has 0 bridgehead atoms. The van der Waals surface area contributed by atoms with E-state index in [0.717, 1.165) is 42.6 Å². The Morgan fingerprint density at radius 2 is 1.82 bits per heavy atom. The molecule has 1 atom stereocenters. The normalized spacial score (nSPS) is 18.4. The van der Waals surface area contributed by atoms with Crippen molar-refractivity contribution in [2.45, 2.75) is 13.0 Å². The van der Waals surface area contributed by atoms with Gasteiger partial charge in [-0.05, 0) is 37.3 Å². The van der Waals surface area contributed by atoms with Crippen LogP contribution in [-0.4, -0.2) is 55.5 Å². The number of amides is 2.